The van der Waals surface area contributed by atoms with Crippen molar-refractivity contribution in [2.45, 2.75) is 52.5 Å². The van der Waals surface area contributed by atoms with Gasteiger partial charge in [-0.2, -0.15) is 0 Å². The van der Waals surface area contributed by atoms with Gasteiger partial charge in [0.25, 0.3) is 0 Å². The van der Waals surface area contributed by atoms with Crippen molar-refractivity contribution in [3.63, 3.8) is 0 Å². The average molecular weight is 384 g/mol. The molecule has 7 heteroatoms. The van der Waals surface area contributed by atoms with Crippen LogP contribution in [0, 0.1) is 13.8 Å². The molecule has 0 aliphatic heterocycles. The lowest BCUT2D eigenvalue weighted by atomic mass is 10.0. The van der Waals surface area contributed by atoms with Gasteiger partial charge in [-0.05, 0) is 37.5 Å². The minimum Gasteiger partial charge on any atom is -0.548 e. The molecular formula is C21H22NO6-. The average Bonchev–Trinajstić information content (AvgIpc) is 3.00. The molecule has 0 saturated carbocycles. The number of nitrogens with one attached hydrogen (secondary N) is 1. The number of aliphatic carboxylic acids is 1. The third-order valence-electron chi connectivity index (χ3n) is 4.98. The number of aryl methyl sites for hydroxylation is 2. The number of carbonyl (C=O) groups excluding carboxylic acids is 2. The fourth-order valence-electron chi connectivity index (χ4n) is 3.30. The van der Waals surface area contributed by atoms with Crippen LogP contribution in [0.15, 0.2) is 32.0 Å². The van der Waals surface area contributed by atoms with E-state index in [1.54, 1.807) is 19.3 Å². The van der Waals surface area contributed by atoms with Crippen LogP contribution in [-0.4, -0.2) is 17.9 Å². The first-order valence-electron chi connectivity index (χ1n) is 9.26. The van der Waals surface area contributed by atoms with Gasteiger partial charge in [-0.1, -0.05) is 19.8 Å². The van der Waals surface area contributed by atoms with Crippen LogP contribution in [0.4, 0.5) is 0 Å². The Balaban J connectivity index is 1.92. The highest BCUT2D eigenvalue weighted by Gasteiger charge is 2.19. The summed E-state index contributed by atoms with van der Waals surface area (Å²) in [6, 6.07) is 2.45. The summed E-state index contributed by atoms with van der Waals surface area (Å²) >= 11 is 0. The van der Waals surface area contributed by atoms with Gasteiger partial charge in [0.05, 0.1) is 30.3 Å². The molecular weight excluding hydrogens is 362 g/mol. The Morgan fingerprint density at radius 1 is 1.18 bits per heavy atom. The second-order valence-corrected chi connectivity index (χ2v) is 7.01. The van der Waals surface area contributed by atoms with Crippen LogP contribution in [0.1, 0.15) is 42.9 Å². The first-order valence-corrected chi connectivity index (χ1v) is 9.26. The predicted molar refractivity (Wildman–Crippen MR) is 102 cm³/mol. The molecule has 2 heterocycles. The van der Waals surface area contributed by atoms with E-state index >= 15 is 0 Å². The zero-order valence-electron chi connectivity index (χ0n) is 16.1. The molecule has 0 fully saturated rings. The van der Waals surface area contributed by atoms with E-state index in [1.807, 2.05) is 19.9 Å². The lowest BCUT2D eigenvalue weighted by Gasteiger charge is -2.19. The van der Waals surface area contributed by atoms with Gasteiger partial charge in [-0.15, -0.1) is 0 Å². The van der Waals surface area contributed by atoms with Crippen molar-refractivity contribution in [3.8, 4) is 0 Å². The number of unbranched alkanes of at least 4 members (excludes halogenated alkanes) is 1. The van der Waals surface area contributed by atoms with Gasteiger partial charge in [0, 0.05) is 16.8 Å². The highest BCUT2D eigenvalue weighted by Crippen LogP contribution is 2.28. The Kier molecular flexibility index (Phi) is 5.53. The van der Waals surface area contributed by atoms with Gasteiger partial charge >= 0.3 is 5.63 Å². The van der Waals surface area contributed by atoms with E-state index in [4.69, 9.17) is 8.83 Å². The Labute approximate surface area is 161 Å². The quantitative estimate of drug-likeness (QED) is 0.625. The molecule has 0 unspecified atom stereocenters. The molecule has 7 nitrogen and oxygen atoms in total. The van der Waals surface area contributed by atoms with E-state index in [-0.39, 0.29) is 18.4 Å². The standard InChI is InChI=1S/C21H23NO6/c1-4-5-6-16(20(24)25)22-19(23)8-15-12(3)14-7-13-11(2)10-27-17(13)9-18(14)28-21(15)26/h7,9-10,16H,4-6,8H2,1-3H3,(H,22,23)(H,24,25)/p-1/t16-/m0/s1. The number of rotatable bonds is 7. The Hall–Kier alpha value is -3.09. The lowest BCUT2D eigenvalue weighted by molar-refractivity contribution is -0.308. The molecule has 1 aromatic carbocycles. The number of carboxylic acid groups (broad SMARTS) is 1. The molecule has 1 N–H and O–H groups in total. The SMILES string of the molecule is CCCC[C@H](NC(=O)Cc1c(C)c2cc3c(C)coc3cc2oc1=O)C(=O)[O-]. The highest BCUT2D eigenvalue weighted by atomic mass is 16.4. The summed E-state index contributed by atoms with van der Waals surface area (Å²) in [6.45, 7) is 5.59. The maximum absolute atomic E-state index is 12.4. The molecule has 0 saturated heterocycles. The first-order chi connectivity index (χ1) is 13.3. The van der Waals surface area contributed by atoms with E-state index in [0.29, 0.717) is 28.5 Å². The molecule has 2 aromatic heterocycles. The van der Waals surface area contributed by atoms with Crippen LogP contribution in [0.5, 0.6) is 0 Å². The topological polar surface area (TPSA) is 113 Å². The molecule has 0 aliphatic carbocycles. The van der Waals surface area contributed by atoms with Crippen molar-refractivity contribution >= 4 is 33.8 Å². The van der Waals surface area contributed by atoms with Crippen LogP contribution >= 0.6 is 0 Å². The normalized spacial score (nSPS) is 12.4. The van der Waals surface area contributed by atoms with Crippen LogP contribution in [0.2, 0.25) is 0 Å². The minimum atomic E-state index is -1.33. The number of carbonyl (C=O) groups is 2. The van der Waals surface area contributed by atoms with E-state index in [2.05, 4.69) is 5.32 Å². The van der Waals surface area contributed by atoms with E-state index in [1.165, 1.54) is 0 Å². The minimum absolute atomic E-state index is 0.207. The third-order valence-corrected chi connectivity index (χ3v) is 4.98. The molecule has 3 aromatic rings. The van der Waals surface area contributed by atoms with Crippen molar-refractivity contribution in [1.29, 1.82) is 0 Å². The van der Waals surface area contributed by atoms with Gasteiger partial charge in [0.2, 0.25) is 5.91 Å². The van der Waals surface area contributed by atoms with Crippen LogP contribution < -0.4 is 16.0 Å². The number of carboxylic acids is 1. The predicted octanol–water partition coefficient (Wildman–Crippen LogP) is 2.12. The fraction of sp³-hybridized carbons (Fsp3) is 0.381. The lowest BCUT2D eigenvalue weighted by Crippen LogP contribution is -2.48. The first kappa shape index (κ1) is 19.7. The van der Waals surface area contributed by atoms with Crippen molar-refractivity contribution in [2.24, 2.45) is 0 Å². The summed E-state index contributed by atoms with van der Waals surface area (Å²) in [4.78, 5) is 36.0. The number of furan rings is 1. The van der Waals surface area contributed by atoms with Crippen molar-refractivity contribution in [2.75, 3.05) is 0 Å². The molecule has 148 valence electrons. The summed E-state index contributed by atoms with van der Waals surface area (Å²) in [5.41, 5.74) is 2.16. The summed E-state index contributed by atoms with van der Waals surface area (Å²) in [5, 5.41) is 15.3. The molecule has 28 heavy (non-hydrogen) atoms. The Morgan fingerprint density at radius 3 is 2.61 bits per heavy atom. The van der Waals surface area contributed by atoms with Gasteiger partial charge in [0.15, 0.2) is 0 Å². The van der Waals surface area contributed by atoms with Gasteiger partial charge in [-0.25, -0.2) is 4.79 Å². The zero-order valence-corrected chi connectivity index (χ0v) is 16.1. The molecule has 0 radical (unpaired) electrons. The van der Waals surface area contributed by atoms with E-state index in [0.717, 1.165) is 17.4 Å². The summed E-state index contributed by atoms with van der Waals surface area (Å²) in [6.07, 6.45) is 3.10. The second kappa shape index (κ2) is 7.88. The summed E-state index contributed by atoms with van der Waals surface area (Å²) in [7, 11) is 0. The molecule has 0 aliphatic rings. The highest BCUT2D eigenvalue weighted by molar-refractivity contribution is 5.96. The number of benzene rings is 1. The number of hydrogen-bond acceptors (Lipinski definition) is 6. The van der Waals surface area contributed by atoms with Crippen molar-refractivity contribution in [1.82, 2.24) is 5.32 Å². The van der Waals surface area contributed by atoms with Gasteiger partial charge in [0.1, 0.15) is 11.2 Å². The monoisotopic (exact) mass is 384 g/mol. The fourth-order valence-corrected chi connectivity index (χ4v) is 3.30. The molecule has 0 spiro atoms. The van der Waals surface area contributed by atoms with E-state index in [9.17, 15) is 19.5 Å². The Morgan fingerprint density at radius 2 is 1.93 bits per heavy atom. The smallest absolute Gasteiger partial charge is 0.340 e. The number of fused-ring (bicyclic) bond motifs is 2. The largest absolute Gasteiger partial charge is 0.548 e. The van der Waals surface area contributed by atoms with Gasteiger partial charge in [-0.3, -0.25) is 4.79 Å². The van der Waals surface area contributed by atoms with Crippen LogP contribution in [0.25, 0.3) is 21.9 Å². The third kappa shape index (κ3) is 3.78. The summed E-state index contributed by atoms with van der Waals surface area (Å²) in [5.74, 6) is -1.89. The maximum Gasteiger partial charge on any atom is 0.340 e. The van der Waals surface area contributed by atoms with Crippen molar-refractivity contribution in [3.05, 3.63) is 45.5 Å². The van der Waals surface area contributed by atoms with E-state index < -0.39 is 23.5 Å². The molecule has 0 bridgehead atoms. The molecule has 1 atom stereocenters. The number of hydrogen-bond donors (Lipinski definition) is 1. The molecule has 3 rings (SSSR count). The Bertz CT molecular complexity index is 1110. The van der Waals surface area contributed by atoms with Crippen molar-refractivity contribution < 1.29 is 23.5 Å². The maximum atomic E-state index is 12.4. The zero-order chi connectivity index (χ0) is 20.4. The summed E-state index contributed by atoms with van der Waals surface area (Å²) < 4.78 is 10.8. The molecule has 1 amide bonds. The number of amides is 1. The van der Waals surface area contributed by atoms with Crippen LogP contribution in [0.3, 0.4) is 0 Å². The second-order valence-electron chi connectivity index (χ2n) is 7.01. The van der Waals surface area contributed by atoms with Gasteiger partial charge < -0.3 is 24.1 Å². The van der Waals surface area contributed by atoms with Crippen LogP contribution in [-0.2, 0) is 16.0 Å².